The first-order valence-electron chi connectivity index (χ1n) is 8.78. The van der Waals surface area contributed by atoms with Gasteiger partial charge < -0.3 is 14.5 Å². The van der Waals surface area contributed by atoms with Gasteiger partial charge in [-0.2, -0.15) is 0 Å². The van der Waals surface area contributed by atoms with Crippen molar-refractivity contribution in [2.45, 2.75) is 25.7 Å². The molecule has 1 aromatic rings. The first kappa shape index (κ1) is 15.6. The van der Waals surface area contributed by atoms with Crippen LogP contribution in [-0.4, -0.2) is 54.5 Å². The highest BCUT2D eigenvalue weighted by Gasteiger charge is 2.50. The standard InChI is InChI=1S/C18H23N3O3/c22-16(14-4-10-24-12-14)20-8-2-5-18(13-20)6-9-21(17(18)23)15-3-1-7-19-11-15/h1,3,7,11,14H,2,4-6,8-10,12-13H2. The smallest absolute Gasteiger partial charge is 0.235 e. The summed E-state index contributed by atoms with van der Waals surface area (Å²) in [5.74, 6) is 0.293. The van der Waals surface area contributed by atoms with Gasteiger partial charge in [0.2, 0.25) is 11.8 Å². The Labute approximate surface area is 141 Å². The zero-order valence-corrected chi connectivity index (χ0v) is 13.8. The van der Waals surface area contributed by atoms with Crippen molar-refractivity contribution in [3.63, 3.8) is 0 Å². The largest absolute Gasteiger partial charge is 0.381 e. The van der Waals surface area contributed by atoms with E-state index in [1.807, 2.05) is 21.9 Å². The number of hydrogen-bond acceptors (Lipinski definition) is 4. The average Bonchev–Trinajstić information content (AvgIpc) is 3.26. The van der Waals surface area contributed by atoms with Crippen molar-refractivity contribution < 1.29 is 14.3 Å². The van der Waals surface area contributed by atoms with Crippen LogP contribution < -0.4 is 4.90 Å². The third kappa shape index (κ3) is 2.59. The maximum Gasteiger partial charge on any atom is 0.235 e. The van der Waals surface area contributed by atoms with E-state index in [-0.39, 0.29) is 17.7 Å². The highest BCUT2D eigenvalue weighted by Crippen LogP contribution is 2.42. The Hall–Kier alpha value is -1.95. The Morgan fingerprint density at radius 2 is 2.25 bits per heavy atom. The van der Waals surface area contributed by atoms with Crippen LogP contribution in [0.15, 0.2) is 24.5 Å². The summed E-state index contributed by atoms with van der Waals surface area (Å²) >= 11 is 0. The Morgan fingerprint density at radius 1 is 1.33 bits per heavy atom. The second-order valence-corrected chi connectivity index (χ2v) is 7.12. The van der Waals surface area contributed by atoms with E-state index in [2.05, 4.69) is 4.98 Å². The zero-order valence-electron chi connectivity index (χ0n) is 13.8. The van der Waals surface area contributed by atoms with Crippen molar-refractivity contribution in [2.24, 2.45) is 11.3 Å². The van der Waals surface area contributed by atoms with Gasteiger partial charge in [-0.15, -0.1) is 0 Å². The minimum atomic E-state index is -0.413. The number of nitrogens with zero attached hydrogens (tertiary/aromatic N) is 3. The Morgan fingerprint density at radius 3 is 3.00 bits per heavy atom. The summed E-state index contributed by atoms with van der Waals surface area (Å²) in [6.07, 6.45) is 6.83. The molecule has 3 fully saturated rings. The van der Waals surface area contributed by atoms with Crippen molar-refractivity contribution in [3.05, 3.63) is 24.5 Å². The molecule has 6 nitrogen and oxygen atoms in total. The lowest BCUT2D eigenvalue weighted by Gasteiger charge is -2.39. The van der Waals surface area contributed by atoms with Gasteiger partial charge >= 0.3 is 0 Å². The van der Waals surface area contributed by atoms with Crippen molar-refractivity contribution in [1.29, 1.82) is 0 Å². The lowest BCUT2D eigenvalue weighted by atomic mass is 9.78. The molecule has 1 spiro atoms. The van der Waals surface area contributed by atoms with E-state index < -0.39 is 5.41 Å². The highest BCUT2D eigenvalue weighted by molar-refractivity contribution is 6.00. The predicted octanol–water partition coefficient (Wildman–Crippen LogP) is 1.46. The summed E-state index contributed by atoms with van der Waals surface area (Å²) in [6, 6.07) is 3.77. The number of anilines is 1. The SMILES string of the molecule is O=C(C1CCOC1)N1CCCC2(CCN(c3cccnc3)C2=O)C1. The quantitative estimate of drug-likeness (QED) is 0.824. The molecule has 0 saturated carbocycles. The Bertz CT molecular complexity index is 630. The molecule has 6 heteroatoms. The molecular weight excluding hydrogens is 306 g/mol. The van der Waals surface area contributed by atoms with Crippen molar-refractivity contribution in [3.8, 4) is 0 Å². The fourth-order valence-corrected chi connectivity index (χ4v) is 4.27. The molecule has 2 atom stereocenters. The lowest BCUT2D eigenvalue weighted by Crippen LogP contribution is -2.51. The van der Waals surface area contributed by atoms with E-state index in [1.165, 1.54) is 0 Å². The summed E-state index contributed by atoms with van der Waals surface area (Å²) in [4.78, 5) is 33.7. The number of amides is 2. The third-order valence-electron chi connectivity index (χ3n) is 5.64. The number of hydrogen-bond donors (Lipinski definition) is 0. The van der Waals surface area contributed by atoms with Crippen LogP contribution >= 0.6 is 0 Å². The summed E-state index contributed by atoms with van der Waals surface area (Å²) in [5.41, 5.74) is 0.440. The molecule has 3 saturated heterocycles. The molecule has 1 aromatic heterocycles. The molecule has 24 heavy (non-hydrogen) atoms. The summed E-state index contributed by atoms with van der Waals surface area (Å²) < 4.78 is 5.35. The maximum absolute atomic E-state index is 13.1. The van der Waals surface area contributed by atoms with E-state index in [4.69, 9.17) is 4.74 Å². The maximum atomic E-state index is 13.1. The first-order valence-corrected chi connectivity index (χ1v) is 8.78. The number of ether oxygens (including phenoxy) is 1. The topological polar surface area (TPSA) is 62.7 Å². The molecule has 3 aliphatic rings. The third-order valence-corrected chi connectivity index (χ3v) is 5.64. The van der Waals surface area contributed by atoms with E-state index in [0.717, 1.165) is 37.9 Å². The molecular formula is C18H23N3O3. The minimum Gasteiger partial charge on any atom is -0.381 e. The van der Waals surface area contributed by atoms with Gasteiger partial charge in [-0.05, 0) is 37.8 Å². The molecule has 128 valence electrons. The molecule has 0 N–H and O–H groups in total. The molecule has 0 aromatic carbocycles. The Balaban J connectivity index is 1.50. The van der Waals surface area contributed by atoms with Crippen LogP contribution in [0.3, 0.4) is 0 Å². The van der Waals surface area contributed by atoms with E-state index in [1.54, 1.807) is 12.4 Å². The van der Waals surface area contributed by atoms with Crippen LogP contribution in [0.4, 0.5) is 5.69 Å². The molecule has 0 aliphatic carbocycles. The second kappa shape index (κ2) is 6.16. The second-order valence-electron chi connectivity index (χ2n) is 7.12. The zero-order chi connectivity index (χ0) is 16.6. The predicted molar refractivity (Wildman–Crippen MR) is 88.4 cm³/mol. The minimum absolute atomic E-state index is 0.0221. The van der Waals surface area contributed by atoms with Gasteiger partial charge in [0.25, 0.3) is 0 Å². The highest BCUT2D eigenvalue weighted by atomic mass is 16.5. The van der Waals surface area contributed by atoms with Crippen LogP contribution in [0.5, 0.6) is 0 Å². The normalized spacial score (nSPS) is 30.3. The first-order chi connectivity index (χ1) is 11.7. The molecule has 4 heterocycles. The van der Waals surface area contributed by atoms with Gasteiger partial charge in [-0.3, -0.25) is 14.6 Å². The van der Waals surface area contributed by atoms with Crippen LogP contribution in [0.2, 0.25) is 0 Å². The van der Waals surface area contributed by atoms with E-state index in [9.17, 15) is 9.59 Å². The average molecular weight is 329 g/mol. The van der Waals surface area contributed by atoms with Gasteiger partial charge in [0.1, 0.15) is 0 Å². The number of piperidine rings is 1. The van der Waals surface area contributed by atoms with Crippen LogP contribution in [-0.2, 0) is 14.3 Å². The fourth-order valence-electron chi connectivity index (χ4n) is 4.27. The summed E-state index contributed by atoms with van der Waals surface area (Å²) in [6.45, 7) is 3.22. The van der Waals surface area contributed by atoms with Crippen LogP contribution in [0, 0.1) is 11.3 Å². The molecule has 3 aliphatic heterocycles. The molecule has 0 bridgehead atoms. The van der Waals surface area contributed by atoms with Gasteiger partial charge in [0.05, 0.1) is 29.8 Å². The van der Waals surface area contributed by atoms with Gasteiger partial charge in [0.15, 0.2) is 0 Å². The monoisotopic (exact) mass is 329 g/mol. The van der Waals surface area contributed by atoms with Crippen LogP contribution in [0.25, 0.3) is 0 Å². The number of aromatic nitrogens is 1. The summed E-state index contributed by atoms with van der Waals surface area (Å²) in [7, 11) is 0. The molecule has 2 amide bonds. The van der Waals surface area contributed by atoms with Crippen molar-refractivity contribution in [1.82, 2.24) is 9.88 Å². The van der Waals surface area contributed by atoms with Gasteiger partial charge in [-0.1, -0.05) is 0 Å². The molecule has 2 unspecified atom stereocenters. The van der Waals surface area contributed by atoms with E-state index >= 15 is 0 Å². The lowest BCUT2D eigenvalue weighted by molar-refractivity contribution is -0.141. The van der Waals surface area contributed by atoms with Crippen molar-refractivity contribution >= 4 is 17.5 Å². The number of carbonyl (C=O) groups excluding carboxylic acids is 2. The van der Waals surface area contributed by atoms with E-state index in [0.29, 0.717) is 26.3 Å². The number of likely N-dealkylation sites (tertiary alicyclic amines) is 1. The summed E-state index contributed by atoms with van der Waals surface area (Å²) in [5, 5.41) is 0. The molecule has 0 radical (unpaired) electrons. The number of carbonyl (C=O) groups is 2. The van der Waals surface area contributed by atoms with Crippen molar-refractivity contribution in [2.75, 3.05) is 37.7 Å². The Kier molecular flexibility index (Phi) is 4.00. The molecule has 4 rings (SSSR count). The number of pyridine rings is 1. The van der Waals surface area contributed by atoms with Gasteiger partial charge in [-0.25, -0.2) is 0 Å². The fraction of sp³-hybridized carbons (Fsp3) is 0.611. The number of rotatable bonds is 2. The van der Waals surface area contributed by atoms with Gasteiger partial charge in [0, 0.05) is 32.4 Å². The van der Waals surface area contributed by atoms with Crippen LogP contribution in [0.1, 0.15) is 25.7 Å².